The second-order valence-corrected chi connectivity index (χ2v) is 6.77. The summed E-state index contributed by atoms with van der Waals surface area (Å²) >= 11 is 0. The highest BCUT2D eigenvalue weighted by molar-refractivity contribution is 4.74. The molecule has 2 rings (SSSR count). The minimum atomic E-state index is 0.791. The van der Waals surface area contributed by atoms with Crippen LogP contribution in [0.4, 0.5) is 0 Å². The highest BCUT2D eigenvalue weighted by Crippen LogP contribution is 2.19. The van der Waals surface area contributed by atoms with Crippen molar-refractivity contribution >= 4 is 0 Å². The molecule has 2 saturated heterocycles. The minimum absolute atomic E-state index is 0.791. The molecule has 0 aromatic rings. The van der Waals surface area contributed by atoms with Gasteiger partial charge in [0.2, 0.25) is 0 Å². The van der Waals surface area contributed by atoms with E-state index in [1.54, 1.807) is 0 Å². The van der Waals surface area contributed by atoms with Gasteiger partial charge < -0.3 is 15.1 Å². The largest absolute Gasteiger partial charge is 0.314 e. The van der Waals surface area contributed by atoms with Crippen LogP contribution in [0, 0.1) is 5.92 Å². The molecule has 0 aliphatic carbocycles. The first kappa shape index (κ1) is 15.3. The van der Waals surface area contributed by atoms with E-state index in [4.69, 9.17) is 0 Å². The van der Waals surface area contributed by atoms with Crippen LogP contribution >= 0.6 is 0 Å². The first-order valence-electron chi connectivity index (χ1n) is 8.34. The topological polar surface area (TPSA) is 18.5 Å². The van der Waals surface area contributed by atoms with Crippen LogP contribution in [0.5, 0.6) is 0 Å². The van der Waals surface area contributed by atoms with Crippen LogP contribution in [0.1, 0.15) is 44.9 Å². The standard InChI is InChI=1S/C16H33N3/c1-18-11-6-15(7-12-18)8-13-19(2)14-9-16-5-3-4-10-17-16/h15-17H,3-14H2,1-2H3. The number of nitrogens with one attached hydrogen (secondary N) is 1. The van der Waals surface area contributed by atoms with Crippen molar-refractivity contribution < 1.29 is 0 Å². The molecule has 3 heteroatoms. The Balaban J connectivity index is 1.52. The van der Waals surface area contributed by atoms with Crippen molar-refractivity contribution in [2.75, 3.05) is 46.8 Å². The summed E-state index contributed by atoms with van der Waals surface area (Å²) in [4.78, 5) is 5.02. The first-order chi connectivity index (χ1) is 9.24. The van der Waals surface area contributed by atoms with Crippen molar-refractivity contribution in [1.29, 1.82) is 0 Å². The van der Waals surface area contributed by atoms with Crippen LogP contribution in [0.3, 0.4) is 0 Å². The Morgan fingerprint density at radius 3 is 2.47 bits per heavy atom. The molecular formula is C16H33N3. The summed E-state index contributed by atoms with van der Waals surface area (Å²) in [6, 6.07) is 0.791. The lowest BCUT2D eigenvalue weighted by molar-refractivity contribution is 0.193. The number of hydrogen-bond acceptors (Lipinski definition) is 3. The molecule has 2 aliphatic rings. The minimum Gasteiger partial charge on any atom is -0.314 e. The monoisotopic (exact) mass is 267 g/mol. The molecule has 0 aromatic carbocycles. The zero-order chi connectivity index (χ0) is 13.5. The highest BCUT2D eigenvalue weighted by atomic mass is 15.1. The maximum Gasteiger partial charge on any atom is 0.00792 e. The third-order valence-corrected chi connectivity index (χ3v) is 5.03. The Kier molecular flexibility index (Phi) is 6.62. The van der Waals surface area contributed by atoms with Gasteiger partial charge in [0.15, 0.2) is 0 Å². The average Bonchev–Trinajstić information content (AvgIpc) is 2.45. The zero-order valence-electron chi connectivity index (χ0n) is 13.0. The number of rotatable bonds is 6. The molecule has 3 nitrogen and oxygen atoms in total. The van der Waals surface area contributed by atoms with Crippen LogP contribution in [0.2, 0.25) is 0 Å². The number of likely N-dealkylation sites (tertiary alicyclic amines) is 1. The van der Waals surface area contributed by atoms with Crippen LogP contribution in [0.15, 0.2) is 0 Å². The molecule has 0 amide bonds. The predicted octanol–water partition coefficient (Wildman–Crippen LogP) is 2.18. The van der Waals surface area contributed by atoms with E-state index < -0.39 is 0 Å². The fourth-order valence-electron chi connectivity index (χ4n) is 3.41. The predicted molar refractivity (Wildman–Crippen MR) is 82.6 cm³/mol. The molecule has 0 aromatic heterocycles. The molecule has 0 saturated carbocycles. The van der Waals surface area contributed by atoms with Gasteiger partial charge in [-0.15, -0.1) is 0 Å². The van der Waals surface area contributed by atoms with Crippen LogP contribution < -0.4 is 5.32 Å². The molecule has 19 heavy (non-hydrogen) atoms. The summed E-state index contributed by atoms with van der Waals surface area (Å²) < 4.78 is 0. The van der Waals surface area contributed by atoms with Crippen molar-refractivity contribution in [2.24, 2.45) is 5.92 Å². The lowest BCUT2D eigenvalue weighted by atomic mass is 9.93. The molecule has 112 valence electrons. The first-order valence-corrected chi connectivity index (χ1v) is 8.34. The van der Waals surface area contributed by atoms with E-state index in [0.717, 1.165) is 12.0 Å². The van der Waals surface area contributed by atoms with Gasteiger partial charge in [-0.2, -0.15) is 0 Å². The van der Waals surface area contributed by atoms with E-state index in [9.17, 15) is 0 Å². The lowest BCUT2D eigenvalue weighted by Crippen LogP contribution is -2.37. The Bertz CT molecular complexity index is 230. The summed E-state index contributed by atoms with van der Waals surface area (Å²) in [5, 5.41) is 3.65. The number of hydrogen-bond donors (Lipinski definition) is 1. The number of piperidine rings is 2. The van der Waals surface area contributed by atoms with Crippen molar-refractivity contribution in [3.8, 4) is 0 Å². The fourth-order valence-corrected chi connectivity index (χ4v) is 3.41. The quantitative estimate of drug-likeness (QED) is 0.796. The summed E-state index contributed by atoms with van der Waals surface area (Å²) in [6.45, 7) is 6.41. The van der Waals surface area contributed by atoms with E-state index >= 15 is 0 Å². The molecule has 0 bridgehead atoms. The molecule has 0 spiro atoms. The van der Waals surface area contributed by atoms with Gasteiger partial charge in [-0.1, -0.05) is 6.42 Å². The number of nitrogens with zero attached hydrogens (tertiary/aromatic N) is 2. The van der Waals surface area contributed by atoms with Crippen LogP contribution in [-0.4, -0.2) is 62.7 Å². The van der Waals surface area contributed by atoms with E-state index in [1.165, 1.54) is 77.7 Å². The molecule has 1 N–H and O–H groups in total. The Hall–Kier alpha value is -0.120. The lowest BCUT2D eigenvalue weighted by Gasteiger charge is -2.30. The maximum absolute atomic E-state index is 3.65. The van der Waals surface area contributed by atoms with Crippen molar-refractivity contribution in [2.45, 2.75) is 51.0 Å². The van der Waals surface area contributed by atoms with Crippen LogP contribution in [0.25, 0.3) is 0 Å². The van der Waals surface area contributed by atoms with Crippen LogP contribution in [-0.2, 0) is 0 Å². The third kappa shape index (κ3) is 5.80. The normalized spacial score (nSPS) is 27.0. The van der Waals surface area contributed by atoms with Gasteiger partial charge in [0.25, 0.3) is 0 Å². The van der Waals surface area contributed by atoms with Gasteiger partial charge in [0.1, 0.15) is 0 Å². The van der Waals surface area contributed by atoms with Crippen molar-refractivity contribution in [1.82, 2.24) is 15.1 Å². The van der Waals surface area contributed by atoms with Gasteiger partial charge in [0, 0.05) is 6.04 Å². The van der Waals surface area contributed by atoms with Gasteiger partial charge in [0.05, 0.1) is 0 Å². The van der Waals surface area contributed by atoms with Gasteiger partial charge in [-0.25, -0.2) is 0 Å². The van der Waals surface area contributed by atoms with Gasteiger partial charge in [-0.05, 0) is 91.3 Å². The average molecular weight is 267 g/mol. The maximum atomic E-state index is 3.65. The molecule has 1 unspecified atom stereocenters. The van der Waals surface area contributed by atoms with E-state index in [0.29, 0.717) is 0 Å². The Labute approximate surface area is 119 Å². The van der Waals surface area contributed by atoms with Gasteiger partial charge >= 0.3 is 0 Å². The third-order valence-electron chi connectivity index (χ3n) is 5.03. The summed E-state index contributed by atoms with van der Waals surface area (Å²) in [7, 11) is 4.55. The Morgan fingerprint density at radius 1 is 1.05 bits per heavy atom. The summed E-state index contributed by atoms with van der Waals surface area (Å²) in [5.41, 5.74) is 0. The van der Waals surface area contributed by atoms with E-state index in [-0.39, 0.29) is 0 Å². The van der Waals surface area contributed by atoms with Crippen molar-refractivity contribution in [3.63, 3.8) is 0 Å². The molecular weight excluding hydrogens is 234 g/mol. The smallest absolute Gasteiger partial charge is 0.00792 e. The second kappa shape index (κ2) is 8.23. The van der Waals surface area contributed by atoms with E-state index in [2.05, 4.69) is 29.2 Å². The highest BCUT2D eigenvalue weighted by Gasteiger charge is 2.17. The SMILES string of the molecule is CN1CCC(CCN(C)CCC2CCCCN2)CC1. The molecule has 2 heterocycles. The summed E-state index contributed by atoms with van der Waals surface area (Å²) in [6.07, 6.45) is 9.76. The zero-order valence-corrected chi connectivity index (χ0v) is 13.0. The molecule has 1 atom stereocenters. The Morgan fingerprint density at radius 2 is 1.79 bits per heavy atom. The fraction of sp³-hybridized carbons (Fsp3) is 1.00. The van der Waals surface area contributed by atoms with E-state index in [1.807, 2.05) is 0 Å². The second-order valence-electron chi connectivity index (χ2n) is 6.77. The molecule has 2 aliphatic heterocycles. The summed E-state index contributed by atoms with van der Waals surface area (Å²) in [5.74, 6) is 0.978. The molecule has 2 fully saturated rings. The van der Waals surface area contributed by atoms with Gasteiger partial charge in [-0.3, -0.25) is 0 Å². The van der Waals surface area contributed by atoms with Crippen molar-refractivity contribution in [3.05, 3.63) is 0 Å². The molecule has 0 radical (unpaired) electrons.